The van der Waals surface area contributed by atoms with E-state index in [9.17, 15) is 9.90 Å². The second-order valence-corrected chi connectivity index (χ2v) is 9.54. The van der Waals surface area contributed by atoms with Crippen LogP contribution >= 0.6 is 15.9 Å². The van der Waals surface area contributed by atoms with Crippen LogP contribution in [0.3, 0.4) is 0 Å². The van der Waals surface area contributed by atoms with E-state index in [0.717, 1.165) is 29.4 Å². The van der Waals surface area contributed by atoms with Crippen LogP contribution in [0.4, 0.5) is 5.69 Å². The second kappa shape index (κ2) is 11.3. The predicted octanol–water partition coefficient (Wildman–Crippen LogP) is 5.22. The maximum Gasteiger partial charge on any atom is 0.338 e. The molecule has 1 saturated carbocycles. The fraction of sp³-hybridized carbons (Fsp3) is 0.696. The molecule has 0 heterocycles. The lowest BCUT2D eigenvalue weighted by Gasteiger charge is -2.32. The Labute approximate surface area is 183 Å². The van der Waals surface area contributed by atoms with Gasteiger partial charge in [0.1, 0.15) is 0 Å². The van der Waals surface area contributed by atoms with E-state index in [1.165, 1.54) is 32.1 Å². The van der Waals surface area contributed by atoms with E-state index in [1.54, 1.807) is 6.07 Å². The van der Waals surface area contributed by atoms with Gasteiger partial charge < -0.3 is 20.9 Å². The lowest BCUT2D eigenvalue weighted by molar-refractivity contribution is 0.0132. The average molecular weight is 469 g/mol. The molecule has 0 spiro atoms. The molecule has 1 aromatic carbocycles. The fourth-order valence-corrected chi connectivity index (χ4v) is 4.83. The van der Waals surface area contributed by atoms with Gasteiger partial charge in [0.2, 0.25) is 0 Å². The molecule has 1 aromatic rings. The molecular formula is C23H37BrN2O3. The number of carbonyl (C=O) groups is 1. The van der Waals surface area contributed by atoms with Crippen molar-refractivity contribution in [1.29, 1.82) is 0 Å². The summed E-state index contributed by atoms with van der Waals surface area (Å²) in [5.41, 5.74) is 8.16. The minimum atomic E-state index is -0.410. The van der Waals surface area contributed by atoms with Gasteiger partial charge in [-0.1, -0.05) is 46.5 Å². The smallest absolute Gasteiger partial charge is 0.338 e. The van der Waals surface area contributed by atoms with E-state index in [1.807, 2.05) is 13.0 Å². The Bertz CT molecular complexity index is 676. The first-order chi connectivity index (χ1) is 13.8. The van der Waals surface area contributed by atoms with Crippen LogP contribution in [0.15, 0.2) is 16.6 Å². The molecule has 0 radical (unpaired) electrons. The Morgan fingerprint density at radius 3 is 2.62 bits per heavy atom. The van der Waals surface area contributed by atoms with E-state index in [-0.39, 0.29) is 25.2 Å². The Morgan fingerprint density at radius 2 is 2.03 bits per heavy atom. The van der Waals surface area contributed by atoms with Gasteiger partial charge in [0.05, 0.1) is 24.5 Å². The van der Waals surface area contributed by atoms with Crippen molar-refractivity contribution in [3.63, 3.8) is 0 Å². The molecule has 0 amide bonds. The molecule has 0 bridgehead atoms. The number of rotatable bonds is 10. The van der Waals surface area contributed by atoms with E-state index in [2.05, 4.69) is 35.1 Å². The summed E-state index contributed by atoms with van der Waals surface area (Å²) in [6, 6.07) is 3.76. The van der Waals surface area contributed by atoms with Crippen molar-refractivity contribution >= 4 is 27.6 Å². The molecule has 1 aliphatic rings. The zero-order valence-corrected chi connectivity index (χ0v) is 19.7. The Kier molecular flexibility index (Phi) is 9.44. The monoisotopic (exact) mass is 468 g/mol. The summed E-state index contributed by atoms with van der Waals surface area (Å²) >= 11 is 3.54. The lowest BCUT2D eigenvalue weighted by atomic mass is 9.80. The molecule has 0 aromatic heterocycles. The van der Waals surface area contributed by atoms with Crippen molar-refractivity contribution in [2.45, 2.75) is 71.8 Å². The standard InChI is InChI=1S/C23H37BrN2O3/c1-4-11-23(3,14-27)15-29-22(28)17-12-18(20(25)19(24)13-17)21(26-5-2)16-9-7-6-8-10-16/h12-13,16,21,26-27H,4-11,14-15,25H2,1-3H3. The highest BCUT2D eigenvalue weighted by Gasteiger charge is 2.29. The topological polar surface area (TPSA) is 84.6 Å². The molecule has 0 saturated heterocycles. The SMILES string of the molecule is CCCC(C)(CO)COC(=O)c1cc(Br)c(N)c(C(NCC)C2CCCCC2)c1. The van der Waals surface area contributed by atoms with Gasteiger partial charge in [0.15, 0.2) is 0 Å². The number of hydrogen-bond donors (Lipinski definition) is 3. The van der Waals surface area contributed by atoms with Crippen molar-refractivity contribution in [1.82, 2.24) is 5.32 Å². The highest BCUT2D eigenvalue weighted by molar-refractivity contribution is 9.10. The maximum atomic E-state index is 12.8. The van der Waals surface area contributed by atoms with Crippen molar-refractivity contribution < 1.29 is 14.6 Å². The number of halogens is 1. The summed E-state index contributed by atoms with van der Waals surface area (Å²) in [5.74, 6) is 0.146. The first-order valence-electron chi connectivity index (χ1n) is 11.0. The van der Waals surface area contributed by atoms with Gasteiger partial charge in [-0.05, 0) is 65.4 Å². The zero-order valence-electron chi connectivity index (χ0n) is 18.1. The van der Waals surface area contributed by atoms with Gasteiger partial charge >= 0.3 is 5.97 Å². The summed E-state index contributed by atoms with van der Waals surface area (Å²) in [6.45, 7) is 7.15. The number of ether oxygens (including phenoxy) is 1. The minimum absolute atomic E-state index is 0.00498. The molecule has 2 atom stereocenters. The van der Waals surface area contributed by atoms with Crippen LogP contribution in [0.25, 0.3) is 0 Å². The molecular weight excluding hydrogens is 432 g/mol. The van der Waals surface area contributed by atoms with Crippen molar-refractivity contribution in [3.05, 3.63) is 27.7 Å². The van der Waals surface area contributed by atoms with Gasteiger partial charge in [-0.3, -0.25) is 0 Å². The van der Waals surface area contributed by atoms with E-state index < -0.39 is 5.41 Å². The van der Waals surface area contributed by atoms with Gasteiger partial charge in [0, 0.05) is 15.9 Å². The normalized spacial score (nSPS) is 18.2. The molecule has 2 unspecified atom stereocenters. The number of nitrogen functional groups attached to an aromatic ring is 1. The molecule has 164 valence electrons. The lowest BCUT2D eigenvalue weighted by Crippen LogP contribution is -2.31. The zero-order chi connectivity index (χ0) is 21.4. The number of hydrogen-bond acceptors (Lipinski definition) is 5. The number of carbonyl (C=O) groups excluding carboxylic acids is 1. The van der Waals surface area contributed by atoms with Crippen LogP contribution in [0.5, 0.6) is 0 Å². The van der Waals surface area contributed by atoms with Crippen LogP contribution in [0.1, 0.15) is 87.7 Å². The number of benzene rings is 1. The van der Waals surface area contributed by atoms with E-state index in [4.69, 9.17) is 10.5 Å². The summed E-state index contributed by atoms with van der Waals surface area (Å²) in [5, 5.41) is 13.3. The first-order valence-corrected chi connectivity index (χ1v) is 11.7. The molecule has 0 aliphatic heterocycles. The number of esters is 1. The van der Waals surface area contributed by atoms with Gasteiger partial charge in [-0.25, -0.2) is 4.79 Å². The first kappa shape index (κ1) is 24.2. The van der Waals surface area contributed by atoms with Gasteiger partial charge in [0.25, 0.3) is 0 Å². The number of aliphatic hydroxyl groups excluding tert-OH is 1. The minimum Gasteiger partial charge on any atom is -0.461 e. The Hall–Kier alpha value is -1.11. The van der Waals surface area contributed by atoms with Crippen molar-refractivity contribution in [2.24, 2.45) is 11.3 Å². The largest absolute Gasteiger partial charge is 0.461 e. The van der Waals surface area contributed by atoms with Crippen LogP contribution in [-0.4, -0.2) is 30.8 Å². The number of aliphatic hydroxyl groups is 1. The number of nitrogens with one attached hydrogen (secondary N) is 1. The summed E-state index contributed by atoms with van der Waals surface area (Å²) in [7, 11) is 0. The molecule has 29 heavy (non-hydrogen) atoms. The van der Waals surface area contributed by atoms with Gasteiger partial charge in [-0.2, -0.15) is 0 Å². The van der Waals surface area contributed by atoms with E-state index in [0.29, 0.717) is 17.2 Å². The third-order valence-electron chi connectivity index (χ3n) is 6.06. The number of nitrogens with two attached hydrogens (primary N) is 1. The summed E-state index contributed by atoms with van der Waals surface area (Å²) in [4.78, 5) is 12.8. The van der Waals surface area contributed by atoms with Crippen LogP contribution in [0, 0.1) is 11.3 Å². The summed E-state index contributed by atoms with van der Waals surface area (Å²) in [6.07, 6.45) is 7.86. The molecule has 1 fully saturated rings. The Morgan fingerprint density at radius 1 is 1.34 bits per heavy atom. The second-order valence-electron chi connectivity index (χ2n) is 8.69. The highest BCUT2D eigenvalue weighted by atomic mass is 79.9. The van der Waals surface area contributed by atoms with Gasteiger partial charge in [-0.15, -0.1) is 0 Å². The molecule has 4 N–H and O–H groups in total. The maximum absolute atomic E-state index is 12.8. The molecule has 1 aliphatic carbocycles. The molecule has 5 nitrogen and oxygen atoms in total. The van der Waals surface area contributed by atoms with Crippen LogP contribution in [0.2, 0.25) is 0 Å². The third kappa shape index (κ3) is 6.43. The number of anilines is 1. The summed E-state index contributed by atoms with van der Waals surface area (Å²) < 4.78 is 6.31. The Balaban J connectivity index is 2.25. The third-order valence-corrected chi connectivity index (χ3v) is 6.72. The van der Waals surface area contributed by atoms with Crippen LogP contribution < -0.4 is 11.1 Å². The molecule has 2 rings (SSSR count). The fourth-order valence-electron chi connectivity index (χ4n) is 4.36. The van der Waals surface area contributed by atoms with E-state index >= 15 is 0 Å². The van der Waals surface area contributed by atoms with Crippen molar-refractivity contribution in [3.8, 4) is 0 Å². The quantitative estimate of drug-likeness (QED) is 0.323. The van der Waals surface area contributed by atoms with Crippen molar-refractivity contribution in [2.75, 3.05) is 25.5 Å². The molecule has 6 heteroatoms. The predicted molar refractivity (Wildman–Crippen MR) is 122 cm³/mol. The van der Waals surface area contributed by atoms with Crippen LogP contribution in [-0.2, 0) is 4.74 Å². The average Bonchev–Trinajstić information content (AvgIpc) is 2.73. The highest BCUT2D eigenvalue weighted by Crippen LogP contribution is 2.39.